The van der Waals surface area contributed by atoms with Crippen LogP contribution in [0.2, 0.25) is 0 Å². The average Bonchev–Trinajstić information content (AvgIpc) is 3.37. The Hall–Kier alpha value is -3.12. The Morgan fingerprint density at radius 2 is 1.62 bits per heavy atom. The Morgan fingerprint density at radius 1 is 0.882 bits per heavy atom. The van der Waals surface area contributed by atoms with Gasteiger partial charge in [-0.1, -0.05) is 75.7 Å². The van der Waals surface area contributed by atoms with Gasteiger partial charge in [0, 0.05) is 23.7 Å². The van der Waals surface area contributed by atoms with Crippen LogP contribution in [0.1, 0.15) is 43.2 Å². The molecule has 1 unspecified atom stereocenters. The van der Waals surface area contributed by atoms with Crippen molar-refractivity contribution >= 4 is 29.0 Å². The number of urea groups is 1. The predicted octanol–water partition coefficient (Wildman–Crippen LogP) is 6.42. The van der Waals surface area contributed by atoms with E-state index in [1.807, 2.05) is 77.0 Å². The number of carbonyl (C=O) groups is 2. The van der Waals surface area contributed by atoms with E-state index in [0.29, 0.717) is 25.6 Å². The maximum absolute atomic E-state index is 13.5. The van der Waals surface area contributed by atoms with Crippen LogP contribution >= 0.6 is 11.3 Å². The summed E-state index contributed by atoms with van der Waals surface area (Å²) in [4.78, 5) is 31.3. The summed E-state index contributed by atoms with van der Waals surface area (Å²) in [5, 5.41) is 5.00. The number of anilines is 1. The van der Waals surface area contributed by atoms with Crippen molar-refractivity contribution < 1.29 is 9.59 Å². The zero-order valence-electron chi connectivity index (χ0n) is 20.4. The molecule has 0 spiro atoms. The van der Waals surface area contributed by atoms with Gasteiger partial charge in [-0.25, -0.2) is 4.79 Å². The predicted molar refractivity (Wildman–Crippen MR) is 141 cm³/mol. The van der Waals surface area contributed by atoms with E-state index in [1.54, 1.807) is 16.2 Å². The summed E-state index contributed by atoms with van der Waals surface area (Å²) in [5.74, 6) is 0.234. The Kier molecular flexibility index (Phi) is 9.71. The first-order valence-corrected chi connectivity index (χ1v) is 12.8. The van der Waals surface area contributed by atoms with Crippen molar-refractivity contribution in [2.45, 2.75) is 46.7 Å². The third-order valence-corrected chi connectivity index (χ3v) is 6.81. The topological polar surface area (TPSA) is 52.7 Å². The molecule has 2 aromatic carbocycles. The van der Waals surface area contributed by atoms with Crippen LogP contribution in [0, 0.1) is 5.92 Å². The molecule has 1 heterocycles. The van der Waals surface area contributed by atoms with E-state index in [1.165, 1.54) is 5.56 Å². The molecule has 0 aliphatic carbocycles. The number of hydrogen-bond acceptors (Lipinski definition) is 3. The lowest BCUT2D eigenvalue weighted by Crippen LogP contribution is -2.45. The molecule has 0 saturated heterocycles. The molecule has 1 aromatic heterocycles. The van der Waals surface area contributed by atoms with Crippen molar-refractivity contribution in [2.75, 3.05) is 18.4 Å². The molecule has 5 nitrogen and oxygen atoms in total. The fourth-order valence-corrected chi connectivity index (χ4v) is 4.36. The summed E-state index contributed by atoms with van der Waals surface area (Å²) in [5.41, 5.74) is 3.03. The molecule has 1 N–H and O–H groups in total. The third-order valence-electron chi connectivity index (χ3n) is 5.95. The van der Waals surface area contributed by atoms with Crippen molar-refractivity contribution in [3.63, 3.8) is 0 Å². The Bertz CT molecular complexity index is 1020. The van der Waals surface area contributed by atoms with E-state index in [9.17, 15) is 9.59 Å². The smallest absolute Gasteiger partial charge is 0.322 e. The van der Waals surface area contributed by atoms with Gasteiger partial charge in [-0.2, -0.15) is 0 Å². The first-order valence-electron chi connectivity index (χ1n) is 12.0. The Morgan fingerprint density at radius 3 is 2.24 bits per heavy atom. The van der Waals surface area contributed by atoms with Gasteiger partial charge in [0.05, 0.1) is 6.54 Å². The van der Waals surface area contributed by atoms with Crippen LogP contribution in [0.3, 0.4) is 0 Å². The van der Waals surface area contributed by atoms with Crippen molar-refractivity contribution in [1.29, 1.82) is 0 Å². The summed E-state index contributed by atoms with van der Waals surface area (Å²) in [6.07, 6.45) is 1.89. The molecule has 0 aliphatic heterocycles. The van der Waals surface area contributed by atoms with Gasteiger partial charge < -0.3 is 15.1 Å². The van der Waals surface area contributed by atoms with Crippen molar-refractivity contribution in [3.05, 3.63) is 88.1 Å². The molecule has 0 bridgehead atoms. The highest BCUT2D eigenvalue weighted by Gasteiger charge is 2.23. The minimum Gasteiger partial charge on any atom is -0.332 e. The van der Waals surface area contributed by atoms with E-state index in [2.05, 4.69) is 26.1 Å². The van der Waals surface area contributed by atoms with Gasteiger partial charge in [0.1, 0.15) is 6.54 Å². The lowest BCUT2D eigenvalue weighted by molar-refractivity contribution is -0.133. The molecule has 180 valence electrons. The number of aryl methyl sites for hydroxylation is 1. The van der Waals surface area contributed by atoms with E-state index in [-0.39, 0.29) is 18.5 Å². The van der Waals surface area contributed by atoms with Gasteiger partial charge in [0.15, 0.2) is 0 Å². The van der Waals surface area contributed by atoms with Gasteiger partial charge in [0.2, 0.25) is 5.91 Å². The molecule has 3 amide bonds. The summed E-state index contributed by atoms with van der Waals surface area (Å²) < 4.78 is 0. The molecule has 0 fully saturated rings. The van der Waals surface area contributed by atoms with Gasteiger partial charge in [0.25, 0.3) is 0 Å². The fourth-order valence-electron chi connectivity index (χ4n) is 3.64. The SMILES string of the molecule is CCc1ccc(NC(=O)N(CC(=O)N(Cc2ccccc2)Cc2cccs2)CC(C)CC)cc1. The summed E-state index contributed by atoms with van der Waals surface area (Å²) in [6, 6.07) is 21.6. The van der Waals surface area contributed by atoms with Crippen LogP contribution in [-0.2, 0) is 24.3 Å². The second-order valence-corrected chi connectivity index (χ2v) is 9.72. The van der Waals surface area contributed by atoms with Crippen LogP contribution in [0.5, 0.6) is 0 Å². The molecule has 6 heteroatoms. The van der Waals surface area contributed by atoms with E-state index in [4.69, 9.17) is 0 Å². The van der Waals surface area contributed by atoms with E-state index >= 15 is 0 Å². The molecule has 0 aliphatic rings. The number of amides is 3. The average molecular weight is 478 g/mol. The van der Waals surface area contributed by atoms with Gasteiger partial charge in [-0.15, -0.1) is 11.3 Å². The first-order chi connectivity index (χ1) is 16.5. The molecular formula is C28H35N3O2S. The molecular weight excluding hydrogens is 442 g/mol. The highest BCUT2D eigenvalue weighted by Crippen LogP contribution is 2.17. The second kappa shape index (κ2) is 12.9. The molecule has 1 atom stereocenters. The molecule has 34 heavy (non-hydrogen) atoms. The second-order valence-electron chi connectivity index (χ2n) is 8.69. The van der Waals surface area contributed by atoms with Crippen LogP contribution in [-0.4, -0.2) is 34.8 Å². The highest BCUT2D eigenvalue weighted by molar-refractivity contribution is 7.09. The van der Waals surface area contributed by atoms with Crippen molar-refractivity contribution in [3.8, 4) is 0 Å². The van der Waals surface area contributed by atoms with E-state index in [0.717, 1.165) is 29.0 Å². The summed E-state index contributed by atoms with van der Waals surface area (Å²) >= 11 is 1.64. The number of benzene rings is 2. The minimum atomic E-state index is -0.242. The lowest BCUT2D eigenvalue weighted by Gasteiger charge is -2.29. The van der Waals surface area contributed by atoms with Gasteiger partial charge in [-0.3, -0.25) is 4.79 Å². The van der Waals surface area contributed by atoms with Crippen LogP contribution < -0.4 is 5.32 Å². The maximum atomic E-state index is 13.5. The Labute approximate surface area is 207 Å². The number of nitrogens with zero attached hydrogens (tertiary/aromatic N) is 2. The van der Waals surface area contributed by atoms with Crippen LogP contribution in [0.4, 0.5) is 10.5 Å². The number of thiophene rings is 1. The molecule has 3 rings (SSSR count). The van der Waals surface area contributed by atoms with Crippen LogP contribution in [0.15, 0.2) is 72.1 Å². The maximum Gasteiger partial charge on any atom is 0.322 e. The summed E-state index contributed by atoms with van der Waals surface area (Å²) in [6.45, 7) is 7.92. The van der Waals surface area contributed by atoms with Gasteiger partial charge >= 0.3 is 6.03 Å². The Balaban J connectivity index is 1.75. The molecule has 0 radical (unpaired) electrons. The normalized spacial score (nSPS) is 11.6. The number of nitrogens with one attached hydrogen (secondary N) is 1. The standard InChI is InChI=1S/C28H35N3O2S/c1-4-22(3)18-31(28(33)29-25-15-13-23(5-2)14-16-25)21-27(32)30(20-26-12-9-17-34-26)19-24-10-7-6-8-11-24/h6-17,22H,4-5,18-21H2,1-3H3,(H,29,33). The fraction of sp³-hybridized carbons (Fsp3) is 0.357. The molecule has 0 saturated carbocycles. The zero-order chi connectivity index (χ0) is 24.3. The largest absolute Gasteiger partial charge is 0.332 e. The minimum absolute atomic E-state index is 0.0431. The number of hydrogen-bond donors (Lipinski definition) is 1. The van der Waals surface area contributed by atoms with Crippen molar-refractivity contribution in [1.82, 2.24) is 9.80 Å². The molecule has 3 aromatic rings. The number of rotatable bonds is 11. The lowest BCUT2D eigenvalue weighted by atomic mass is 10.1. The first kappa shape index (κ1) is 25.5. The van der Waals surface area contributed by atoms with Crippen LogP contribution in [0.25, 0.3) is 0 Å². The highest BCUT2D eigenvalue weighted by atomic mass is 32.1. The zero-order valence-corrected chi connectivity index (χ0v) is 21.2. The third kappa shape index (κ3) is 7.73. The van der Waals surface area contributed by atoms with Crippen molar-refractivity contribution in [2.24, 2.45) is 5.92 Å². The quantitative estimate of drug-likeness (QED) is 0.346. The van der Waals surface area contributed by atoms with E-state index < -0.39 is 0 Å². The van der Waals surface area contributed by atoms with Gasteiger partial charge in [-0.05, 0) is 47.0 Å². The number of carbonyl (C=O) groups excluding carboxylic acids is 2. The monoisotopic (exact) mass is 477 g/mol. The summed E-state index contributed by atoms with van der Waals surface area (Å²) in [7, 11) is 0.